The molecule has 0 bridgehead atoms. The van der Waals surface area contributed by atoms with Gasteiger partial charge in [-0.3, -0.25) is 9.59 Å². The summed E-state index contributed by atoms with van der Waals surface area (Å²) in [6, 6.07) is 3.73. The summed E-state index contributed by atoms with van der Waals surface area (Å²) < 4.78 is 4.95. The van der Waals surface area contributed by atoms with Crippen LogP contribution in [0.2, 0.25) is 0 Å². The van der Waals surface area contributed by atoms with Gasteiger partial charge < -0.3 is 15.0 Å². The maximum atomic E-state index is 11.9. The molecular formula is C13H19N2O3S+. The third kappa shape index (κ3) is 3.78. The molecule has 6 heteroatoms. The molecule has 2 atom stereocenters. The monoisotopic (exact) mass is 283 g/mol. The van der Waals surface area contributed by atoms with Crippen LogP contribution in [-0.2, 0) is 20.9 Å². The molecule has 0 aromatic carbocycles. The number of ether oxygens (including phenoxy) is 1. The Morgan fingerprint density at radius 3 is 3.16 bits per heavy atom. The second-order valence-corrected chi connectivity index (χ2v) is 5.55. The predicted molar refractivity (Wildman–Crippen MR) is 71.9 cm³/mol. The van der Waals surface area contributed by atoms with Gasteiger partial charge in [0.05, 0.1) is 24.6 Å². The number of quaternary nitrogens is 1. The lowest BCUT2D eigenvalue weighted by Gasteiger charge is -2.31. The van der Waals surface area contributed by atoms with E-state index in [0.717, 1.165) is 18.0 Å². The normalized spacial score (nSPS) is 22.9. The Labute approximate surface area is 116 Å². The second kappa shape index (κ2) is 6.68. The van der Waals surface area contributed by atoms with Crippen LogP contribution in [0.15, 0.2) is 17.5 Å². The van der Waals surface area contributed by atoms with Crippen LogP contribution >= 0.6 is 11.3 Å². The highest BCUT2D eigenvalue weighted by molar-refractivity contribution is 7.09. The SMILES string of the molecule is CCOC(=O)C[C@H]1C(=O)NCC[NH+]1Cc1cccs1. The quantitative estimate of drug-likeness (QED) is 0.722. The summed E-state index contributed by atoms with van der Waals surface area (Å²) in [7, 11) is 0. The average Bonchev–Trinajstić information content (AvgIpc) is 2.87. The minimum absolute atomic E-state index is 0.0501. The van der Waals surface area contributed by atoms with Gasteiger partial charge in [-0.15, -0.1) is 11.3 Å². The molecule has 0 radical (unpaired) electrons. The molecule has 1 unspecified atom stereocenters. The van der Waals surface area contributed by atoms with Crippen LogP contribution in [0.4, 0.5) is 0 Å². The Bertz CT molecular complexity index is 433. The third-order valence-electron chi connectivity index (χ3n) is 3.21. The zero-order valence-corrected chi connectivity index (χ0v) is 11.8. The van der Waals surface area contributed by atoms with E-state index >= 15 is 0 Å². The smallest absolute Gasteiger partial charge is 0.312 e. The van der Waals surface area contributed by atoms with E-state index in [0.29, 0.717) is 13.2 Å². The van der Waals surface area contributed by atoms with Crippen LogP contribution in [0.5, 0.6) is 0 Å². The van der Waals surface area contributed by atoms with Crippen molar-refractivity contribution in [2.75, 3.05) is 19.7 Å². The van der Waals surface area contributed by atoms with E-state index in [1.807, 2.05) is 11.4 Å². The molecule has 1 amide bonds. The van der Waals surface area contributed by atoms with Gasteiger partial charge >= 0.3 is 5.97 Å². The molecule has 1 saturated heterocycles. The van der Waals surface area contributed by atoms with Crippen molar-refractivity contribution in [2.24, 2.45) is 0 Å². The van der Waals surface area contributed by atoms with Crippen molar-refractivity contribution in [1.82, 2.24) is 5.32 Å². The van der Waals surface area contributed by atoms with Crippen molar-refractivity contribution in [3.8, 4) is 0 Å². The van der Waals surface area contributed by atoms with Crippen molar-refractivity contribution in [3.63, 3.8) is 0 Å². The van der Waals surface area contributed by atoms with Gasteiger partial charge in [0, 0.05) is 0 Å². The highest BCUT2D eigenvalue weighted by atomic mass is 32.1. The summed E-state index contributed by atoms with van der Waals surface area (Å²) in [5.41, 5.74) is 0. The molecule has 2 heterocycles. The zero-order valence-electron chi connectivity index (χ0n) is 11.0. The summed E-state index contributed by atoms with van der Waals surface area (Å²) >= 11 is 1.68. The average molecular weight is 283 g/mol. The topological polar surface area (TPSA) is 59.8 Å². The van der Waals surface area contributed by atoms with Crippen molar-refractivity contribution in [3.05, 3.63) is 22.4 Å². The van der Waals surface area contributed by atoms with Crippen LogP contribution < -0.4 is 10.2 Å². The van der Waals surface area contributed by atoms with Crippen molar-refractivity contribution >= 4 is 23.2 Å². The number of hydrogen-bond donors (Lipinski definition) is 2. The van der Waals surface area contributed by atoms with E-state index in [1.54, 1.807) is 18.3 Å². The Morgan fingerprint density at radius 2 is 2.47 bits per heavy atom. The molecule has 19 heavy (non-hydrogen) atoms. The summed E-state index contributed by atoms with van der Waals surface area (Å²) in [6.07, 6.45) is 0.153. The first kappa shape index (κ1) is 14.0. The molecule has 0 aliphatic carbocycles. The van der Waals surface area contributed by atoms with E-state index in [-0.39, 0.29) is 24.3 Å². The lowest BCUT2D eigenvalue weighted by molar-refractivity contribution is -0.930. The van der Waals surface area contributed by atoms with Crippen molar-refractivity contribution in [2.45, 2.75) is 25.9 Å². The molecule has 1 aromatic rings. The molecule has 0 spiro atoms. The summed E-state index contributed by atoms with van der Waals surface area (Å²) in [5, 5.41) is 4.85. The van der Waals surface area contributed by atoms with Crippen molar-refractivity contribution in [1.29, 1.82) is 0 Å². The first-order valence-electron chi connectivity index (χ1n) is 6.51. The molecule has 1 aliphatic rings. The zero-order chi connectivity index (χ0) is 13.7. The molecule has 0 saturated carbocycles. The summed E-state index contributed by atoms with van der Waals surface area (Å²) in [4.78, 5) is 25.9. The molecule has 104 valence electrons. The van der Waals surface area contributed by atoms with E-state index < -0.39 is 0 Å². The van der Waals surface area contributed by atoms with E-state index in [1.165, 1.54) is 4.88 Å². The van der Waals surface area contributed by atoms with Gasteiger partial charge in [-0.05, 0) is 18.4 Å². The molecule has 2 N–H and O–H groups in total. The van der Waals surface area contributed by atoms with E-state index in [9.17, 15) is 9.59 Å². The lowest BCUT2D eigenvalue weighted by atomic mass is 10.1. The van der Waals surface area contributed by atoms with Gasteiger partial charge in [-0.2, -0.15) is 0 Å². The molecule has 1 aliphatic heterocycles. The number of esters is 1. The number of thiophene rings is 1. The van der Waals surface area contributed by atoms with Crippen LogP contribution in [0, 0.1) is 0 Å². The highest BCUT2D eigenvalue weighted by Crippen LogP contribution is 2.07. The fourth-order valence-corrected chi connectivity index (χ4v) is 3.06. The third-order valence-corrected chi connectivity index (χ3v) is 4.09. The van der Waals surface area contributed by atoms with Crippen molar-refractivity contribution < 1.29 is 19.2 Å². The molecule has 1 fully saturated rings. The lowest BCUT2D eigenvalue weighted by Crippen LogP contribution is -3.18. The standard InChI is InChI=1S/C13H18N2O3S/c1-2-18-12(16)8-11-13(17)14-5-6-15(11)9-10-4-3-7-19-10/h3-4,7,11H,2,5-6,8-9H2,1H3,(H,14,17)/p+1/t11-/m0/s1. The Kier molecular flexibility index (Phi) is 4.93. The second-order valence-electron chi connectivity index (χ2n) is 4.52. The van der Waals surface area contributed by atoms with Crippen LogP contribution in [0.1, 0.15) is 18.2 Å². The van der Waals surface area contributed by atoms with Crippen LogP contribution in [0.25, 0.3) is 0 Å². The highest BCUT2D eigenvalue weighted by Gasteiger charge is 2.35. The first-order chi connectivity index (χ1) is 9.20. The number of amides is 1. The Morgan fingerprint density at radius 1 is 1.63 bits per heavy atom. The van der Waals surface area contributed by atoms with E-state index in [4.69, 9.17) is 4.74 Å². The Balaban J connectivity index is 2.01. The maximum absolute atomic E-state index is 11.9. The van der Waals surface area contributed by atoms with Gasteiger partial charge in [-0.25, -0.2) is 0 Å². The van der Waals surface area contributed by atoms with Gasteiger partial charge in [0.15, 0.2) is 6.04 Å². The molecule has 1 aromatic heterocycles. The van der Waals surface area contributed by atoms with Crippen LogP contribution in [0.3, 0.4) is 0 Å². The fourth-order valence-electron chi connectivity index (χ4n) is 2.30. The summed E-state index contributed by atoms with van der Waals surface area (Å²) in [5.74, 6) is -0.348. The van der Waals surface area contributed by atoms with E-state index in [2.05, 4.69) is 11.4 Å². The Hall–Kier alpha value is -1.40. The largest absolute Gasteiger partial charge is 0.466 e. The predicted octanol–water partition coefficient (Wildman–Crippen LogP) is -0.415. The minimum atomic E-state index is -0.338. The minimum Gasteiger partial charge on any atom is -0.466 e. The number of nitrogens with one attached hydrogen (secondary N) is 2. The van der Waals surface area contributed by atoms with Gasteiger partial charge in [0.25, 0.3) is 5.91 Å². The molecule has 2 rings (SSSR count). The number of carbonyl (C=O) groups is 2. The molecule has 5 nitrogen and oxygen atoms in total. The van der Waals surface area contributed by atoms with Gasteiger partial charge in [0.2, 0.25) is 0 Å². The maximum Gasteiger partial charge on any atom is 0.312 e. The van der Waals surface area contributed by atoms with Gasteiger partial charge in [0.1, 0.15) is 13.0 Å². The first-order valence-corrected chi connectivity index (χ1v) is 7.39. The number of piperazine rings is 1. The van der Waals surface area contributed by atoms with Gasteiger partial charge in [-0.1, -0.05) is 6.07 Å². The fraction of sp³-hybridized carbons (Fsp3) is 0.538. The number of carbonyl (C=O) groups excluding carboxylic acids is 2. The number of rotatable bonds is 5. The number of hydrogen-bond acceptors (Lipinski definition) is 4. The summed E-state index contributed by atoms with van der Waals surface area (Å²) in [6.45, 7) is 4.42. The molecular weight excluding hydrogens is 264 g/mol. The van der Waals surface area contributed by atoms with Crippen LogP contribution in [-0.4, -0.2) is 37.6 Å².